The van der Waals surface area contributed by atoms with Crippen molar-refractivity contribution in [3.05, 3.63) is 66.4 Å². The molecule has 0 bridgehead atoms. The third kappa shape index (κ3) is 4.96. The van der Waals surface area contributed by atoms with E-state index in [1.807, 2.05) is 108 Å². The highest BCUT2D eigenvalue weighted by Gasteiger charge is 2.71. The van der Waals surface area contributed by atoms with Gasteiger partial charge >= 0.3 is 0 Å². The number of benzene rings is 2. The quantitative estimate of drug-likeness (QED) is 0.327. The fraction of sp³-hybridized carbons (Fsp3) is 0.485. The van der Waals surface area contributed by atoms with Crippen molar-refractivity contribution in [2.24, 2.45) is 5.41 Å². The average molecular weight is 546 g/mol. The van der Waals surface area contributed by atoms with E-state index in [0.717, 1.165) is 11.3 Å². The van der Waals surface area contributed by atoms with Gasteiger partial charge < -0.3 is 9.64 Å². The zero-order valence-electron chi connectivity index (χ0n) is 26.4. The Balaban J connectivity index is 0.00000134. The standard InChI is InChI=1S/C29H35N5O2.2C2H6/c1-26(2)27(3,4)34(19-30)28(5,6)29(26,7)33(8)25(35)23-18-22(31-32-23)21-16-12-13-17-24(21)36-20-14-10-9-11-15-20;2*1-2/h9-18H,1-8H3,(H,31,32);2*1-2H3. The molecule has 216 valence electrons. The van der Waals surface area contributed by atoms with Crippen molar-refractivity contribution in [2.45, 2.75) is 92.8 Å². The molecule has 0 radical (unpaired) electrons. The van der Waals surface area contributed by atoms with E-state index in [4.69, 9.17) is 4.74 Å². The van der Waals surface area contributed by atoms with E-state index < -0.39 is 22.0 Å². The molecule has 2 aromatic carbocycles. The number of aromatic nitrogens is 2. The molecule has 7 heteroatoms. The number of nitrogens with zero attached hydrogens (tertiary/aromatic N) is 4. The van der Waals surface area contributed by atoms with Crippen LogP contribution in [0.2, 0.25) is 0 Å². The number of hydrogen-bond acceptors (Lipinski definition) is 5. The van der Waals surface area contributed by atoms with Crippen molar-refractivity contribution in [3.8, 4) is 28.9 Å². The molecule has 1 atom stereocenters. The van der Waals surface area contributed by atoms with Gasteiger partial charge in [0.1, 0.15) is 17.2 Å². The second kappa shape index (κ2) is 12.2. The van der Waals surface area contributed by atoms with Crippen LogP contribution in [-0.4, -0.2) is 49.6 Å². The first-order valence-electron chi connectivity index (χ1n) is 14.2. The van der Waals surface area contributed by atoms with Crippen LogP contribution in [0.4, 0.5) is 0 Å². The second-order valence-corrected chi connectivity index (χ2v) is 11.2. The van der Waals surface area contributed by atoms with Crippen LogP contribution in [0.1, 0.15) is 86.6 Å². The summed E-state index contributed by atoms with van der Waals surface area (Å²) >= 11 is 0. The number of ether oxygens (including phenoxy) is 1. The molecule has 1 saturated heterocycles. The Bertz CT molecular complexity index is 1320. The molecule has 1 amide bonds. The maximum absolute atomic E-state index is 13.9. The maximum Gasteiger partial charge on any atom is 0.272 e. The van der Waals surface area contributed by atoms with Gasteiger partial charge in [-0.2, -0.15) is 10.4 Å². The minimum absolute atomic E-state index is 0.186. The van der Waals surface area contributed by atoms with Gasteiger partial charge in [-0.05, 0) is 65.0 Å². The molecule has 2 heterocycles. The van der Waals surface area contributed by atoms with E-state index >= 15 is 0 Å². The summed E-state index contributed by atoms with van der Waals surface area (Å²) in [6, 6.07) is 18.9. The monoisotopic (exact) mass is 545 g/mol. The summed E-state index contributed by atoms with van der Waals surface area (Å²) in [6.07, 6.45) is 2.40. The highest BCUT2D eigenvalue weighted by molar-refractivity contribution is 5.94. The molecule has 0 saturated carbocycles. The van der Waals surface area contributed by atoms with Gasteiger partial charge in [-0.25, -0.2) is 0 Å². The van der Waals surface area contributed by atoms with Gasteiger partial charge in [0.15, 0.2) is 6.19 Å². The van der Waals surface area contributed by atoms with Crippen LogP contribution in [0, 0.1) is 16.9 Å². The minimum Gasteiger partial charge on any atom is -0.457 e. The van der Waals surface area contributed by atoms with E-state index in [0.29, 0.717) is 17.1 Å². The number of nitrogens with one attached hydrogen (secondary N) is 1. The Hall–Kier alpha value is -3.79. The van der Waals surface area contributed by atoms with Crippen molar-refractivity contribution in [2.75, 3.05) is 7.05 Å². The Morgan fingerprint density at radius 2 is 1.45 bits per heavy atom. The van der Waals surface area contributed by atoms with Crippen LogP contribution in [-0.2, 0) is 0 Å². The summed E-state index contributed by atoms with van der Waals surface area (Å²) in [5.41, 5.74) is -0.392. The Kier molecular flexibility index (Phi) is 9.86. The molecular weight excluding hydrogens is 498 g/mol. The normalized spacial score (nSPS) is 19.7. The minimum atomic E-state index is -0.671. The fourth-order valence-electron chi connectivity index (χ4n) is 5.97. The van der Waals surface area contributed by atoms with E-state index in [1.165, 1.54) is 0 Å². The summed E-state index contributed by atoms with van der Waals surface area (Å²) in [5.74, 6) is 1.19. The third-order valence-electron chi connectivity index (χ3n) is 9.07. The SMILES string of the molecule is CC.CC.CN(C(=O)c1cc(-c2ccccc2Oc2ccccc2)n[nH]1)C1(C)C(C)(C)N(C#N)C(C)(C)C1(C)C. The highest BCUT2D eigenvalue weighted by atomic mass is 16.5. The molecule has 7 nitrogen and oxygen atoms in total. The molecule has 40 heavy (non-hydrogen) atoms. The molecule has 1 aromatic heterocycles. The van der Waals surface area contributed by atoms with Crippen molar-refractivity contribution in [3.63, 3.8) is 0 Å². The molecule has 1 fully saturated rings. The predicted octanol–water partition coefficient (Wildman–Crippen LogP) is 8.13. The van der Waals surface area contributed by atoms with Crippen molar-refractivity contribution in [1.29, 1.82) is 5.26 Å². The fourth-order valence-corrected chi connectivity index (χ4v) is 5.97. The van der Waals surface area contributed by atoms with Crippen molar-refractivity contribution < 1.29 is 9.53 Å². The van der Waals surface area contributed by atoms with E-state index in [-0.39, 0.29) is 5.91 Å². The Labute approximate surface area is 241 Å². The predicted molar refractivity (Wildman–Crippen MR) is 163 cm³/mol. The van der Waals surface area contributed by atoms with Crippen molar-refractivity contribution in [1.82, 2.24) is 20.0 Å². The van der Waals surface area contributed by atoms with E-state index in [2.05, 4.69) is 51.0 Å². The van der Waals surface area contributed by atoms with Gasteiger partial charge in [0.05, 0.1) is 22.3 Å². The molecule has 1 N–H and O–H groups in total. The molecule has 1 aliphatic heterocycles. The molecule has 4 rings (SSSR count). The number of hydrogen-bond donors (Lipinski definition) is 1. The third-order valence-corrected chi connectivity index (χ3v) is 9.07. The number of carbonyl (C=O) groups excluding carboxylic acids is 1. The number of H-pyrrole nitrogens is 1. The van der Waals surface area contributed by atoms with E-state index in [9.17, 15) is 10.1 Å². The lowest BCUT2D eigenvalue weighted by Gasteiger charge is -2.52. The van der Waals surface area contributed by atoms with Gasteiger partial charge in [0, 0.05) is 18.0 Å². The second-order valence-electron chi connectivity index (χ2n) is 11.2. The first-order valence-corrected chi connectivity index (χ1v) is 14.2. The van der Waals surface area contributed by atoms with Gasteiger partial charge in [-0.3, -0.25) is 14.8 Å². The van der Waals surface area contributed by atoms with Gasteiger partial charge in [0.2, 0.25) is 0 Å². The zero-order chi connectivity index (χ0) is 30.5. The first-order chi connectivity index (χ1) is 18.8. The zero-order valence-corrected chi connectivity index (χ0v) is 26.4. The molecular formula is C33H47N5O2. The lowest BCUT2D eigenvalue weighted by atomic mass is 9.61. The average Bonchev–Trinajstić information content (AvgIpc) is 3.47. The van der Waals surface area contributed by atoms with Gasteiger partial charge in [0.25, 0.3) is 5.91 Å². The Morgan fingerprint density at radius 3 is 2.00 bits per heavy atom. The summed E-state index contributed by atoms with van der Waals surface area (Å²) in [6.45, 7) is 22.5. The largest absolute Gasteiger partial charge is 0.457 e. The summed E-state index contributed by atoms with van der Waals surface area (Å²) in [5, 5.41) is 17.4. The molecule has 0 spiro atoms. The van der Waals surface area contributed by atoms with Crippen LogP contribution in [0.25, 0.3) is 11.3 Å². The number of rotatable bonds is 5. The topological polar surface area (TPSA) is 85.2 Å². The van der Waals surface area contributed by atoms with Gasteiger partial charge in [-0.1, -0.05) is 71.9 Å². The Morgan fingerprint density at radius 1 is 0.900 bits per heavy atom. The first kappa shape index (κ1) is 32.4. The van der Waals surface area contributed by atoms with Crippen LogP contribution in [0.3, 0.4) is 0 Å². The smallest absolute Gasteiger partial charge is 0.272 e. The summed E-state index contributed by atoms with van der Waals surface area (Å²) < 4.78 is 6.09. The van der Waals surface area contributed by atoms with Gasteiger partial charge in [-0.15, -0.1) is 0 Å². The summed E-state index contributed by atoms with van der Waals surface area (Å²) in [4.78, 5) is 17.5. The number of carbonyl (C=O) groups is 1. The number of aromatic amines is 1. The van der Waals surface area contributed by atoms with Crippen LogP contribution in [0.15, 0.2) is 60.7 Å². The van der Waals surface area contributed by atoms with Crippen LogP contribution < -0.4 is 4.74 Å². The summed E-state index contributed by atoms with van der Waals surface area (Å²) in [7, 11) is 1.82. The number of para-hydroxylation sites is 2. The molecule has 1 aliphatic rings. The van der Waals surface area contributed by atoms with Crippen LogP contribution in [0.5, 0.6) is 11.5 Å². The number of likely N-dealkylation sites (tertiary alicyclic amines) is 1. The molecule has 0 aliphatic carbocycles. The van der Waals surface area contributed by atoms with Crippen molar-refractivity contribution >= 4 is 5.91 Å². The van der Waals surface area contributed by atoms with Crippen LogP contribution >= 0.6 is 0 Å². The number of likely N-dealkylation sites (N-methyl/N-ethyl adjacent to an activating group) is 1. The maximum atomic E-state index is 13.9. The molecule has 3 aromatic rings. The number of nitriles is 1. The lowest BCUT2D eigenvalue weighted by Crippen LogP contribution is -2.65. The lowest BCUT2D eigenvalue weighted by molar-refractivity contribution is -0.00535. The van der Waals surface area contributed by atoms with E-state index in [1.54, 1.807) is 11.0 Å². The molecule has 1 unspecified atom stereocenters. The highest BCUT2D eigenvalue weighted by Crippen LogP contribution is 2.61. The number of amides is 1.